The number of imide groups is 1. The highest BCUT2D eigenvalue weighted by molar-refractivity contribution is 6.09. The van der Waals surface area contributed by atoms with Crippen molar-refractivity contribution in [1.29, 1.82) is 0 Å². The molecule has 0 radical (unpaired) electrons. The first kappa shape index (κ1) is 16.9. The van der Waals surface area contributed by atoms with E-state index in [-0.39, 0.29) is 30.5 Å². The van der Waals surface area contributed by atoms with Gasteiger partial charge in [-0.05, 0) is 43.4 Å². The maximum Gasteiger partial charge on any atom is 0.335 e. The summed E-state index contributed by atoms with van der Waals surface area (Å²) in [5, 5.41) is 14.2. The molecule has 1 saturated heterocycles. The molecule has 1 aliphatic heterocycles. The minimum absolute atomic E-state index is 0.143. The van der Waals surface area contributed by atoms with Crippen molar-refractivity contribution in [3.63, 3.8) is 0 Å². The van der Waals surface area contributed by atoms with Gasteiger partial charge >= 0.3 is 12.0 Å². The zero-order valence-corrected chi connectivity index (χ0v) is 13.7. The van der Waals surface area contributed by atoms with Gasteiger partial charge in [-0.25, -0.2) is 9.59 Å². The zero-order chi connectivity index (χ0) is 18.2. The minimum Gasteiger partial charge on any atom is -0.478 e. The van der Waals surface area contributed by atoms with Crippen LogP contribution < -0.4 is 10.6 Å². The summed E-state index contributed by atoms with van der Waals surface area (Å²) in [4.78, 5) is 48.2. The highest BCUT2D eigenvalue weighted by atomic mass is 16.4. The molecule has 2 fully saturated rings. The lowest BCUT2D eigenvalue weighted by atomic mass is 9.96. The average molecular weight is 345 g/mol. The number of rotatable bonds is 6. The zero-order valence-electron chi connectivity index (χ0n) is 13.7. The molecule has 0 bridgehead atoms. The fraction of sp³-hybridized carbons (Fsp3) is 0.412. The molecule has 1 aromatic rings. The third-order valence-electron chi connectivity index (χ3n) is 4.69. The quantitative estimate of drug-likeness (QED) is 0.657. The van der Waals surface area contributed by atoms with Crippen molar-refractivity contribution in [2.24, 2.45) is 5.92 Å². The molecule has 25 heavy (non-hydrogen) atoms. The van der Waals surface area contributed by atoms with Crippen molar-refractivity contribution in [3.05, 3.63) is 35.4 Å². The second-order valence-corrected chi connectivity index (χ2v) is 6.58. The van der Waals surface area contributed by atoms with Gasteiger partial charge in [0.2, 0.25) is 5.91 Å². The van der Waals surface area contributed by atoms with Gasteiger partial charge in [-0.15, -0.1) is 0 Å². The summed E-state index contributed by atoms with van der Waals surface area (Å²) in [6.07, 6.45) is 1.80. The number of hydrogen-bond acceptors (Lipinski definition) is 4. The molecule has 1 saturated carbocycles. The SMILES string of the molecule is CC1(C2CC2)NC(=O)N(CC(=O)NCc2ccc(C(=O)O)cc2)C1=O. The van der Waals surface area contributed by atoms with Crippen LogP contribution in [0, 0.1) is 5.92 Å². The Labute approximate surface area is 144 Å². The van der Waals surface area contributed by atoms with Gasteiger partial charge in [0.15, 0.2) is 0 Å². The van der Waals surface area contributed by atoms with Crippen LogP contribution in [0.5, 0.6) is 0 Å². The fourth-order valence-corrected chi connectivity index (χ4v) is 2.96. The lowest BCUT2D eigenvalue weighted by Gasteiger charge is -2.20. The molecule has 8 heteroatoms. The standard InChI is InChI=1S/C17H19N3O5/c1-17(12-6-7-12)15(24)20(16(25)19-17)9-13(21)18-8-10-2-4-11(5-3-10)14(22)23/h2-5,12H,6-9H2,1H3,(H,18,21)(H,19,25)(H,22,23). The van der Waals surface area contributed by atoms with Gasteiger partial charge in [-0.2, -0.15) is 0 Å². The van der Waals surface area contributed by atoms with E-state index in [1.807, 2.05) is 0 Å². The van der Waals surface area contributed by atoms with Crippen LogP contribution in [0.1, 0.15) is 35.7 Å². The Bertz CT molecular complexity index is 741. The Morgan fingerprint density at radius 1 is 1.28 bits per heavy atom. The molecule has 1 heterocycles. The summed E-state index contributed by atoms with van der Waals surface area (Å²) in [7, 11) is 0. The molecule has 1 atom stereocenters. The first-order valence-corrected chi connectivity index (χ1v) is 8.04. The molecule has 8 nitrogen and oxygen atoms in total. The lowest BCUT2D eigenvalue weighted by molar-refractivity contribution is -0.135. The van der Waals surface area contributed by atoms with E-state index < -0.39 is 23.4 Å². The van der Waals surface area contributed by atoms with Crippen LogP contribution in [-0.2, 0) is 16.1 Å². The number of amides is 4. The van der Waals surface area contributed by atoms with Gasteiger partial charge in [-0.1, -0.05) is 12.1 Å². The number of aromatic carboxylic acids is 1. The van der Waals surface area contributed by atoms with Crippen molar-refractivity contribution < 1.29 is 24.3 Å². The van der Waals surface area contributed by atoms with E-state index in [1.165, 1.54) is 12.1 Å². The largest absolute Gasteiger partial charge is 0.478 e. The van der Waals surface area contributed by atoms with Crippen molar-refractivity contribution >= 4 is 23.8 Å². The summed E-state index contributed by atoms with van der Waals surface area (Å²) in [6, 6.07) is 5.55. The monoisotopic (exact) mass is 345 g/mol. The van der Waals surface area contributed by atoms with Gasteiger partial charge in [0.05, 0.1) is 5.56 Å². The van der Waals surface area contributed by atoms with E-state index in [0.717, 1.165) is 23.3 Å². The van der Waals surface area contributed by atoms with E-state index in [0.29, 0.717) is 0 Å². The van der Waals surface area contributed by atoms with Gasteiger partial charge < -0.3 is 15.7 Å². The number of benzene rings is 1. The van der Waals surface area contributed by atoms with Crippen molar-refractivity contribution in [2.45, 2.75) is 31.8 Å². The fourth-order valence-electron chi connectivity index (χ4n) is 2.96. The van der Waals surface area contributed by atoms with Crippen molar-refractivity contribution in [2.75, 3.05) is 6.54 Å². The second kappa shape index (κ2) is 6.19. The van der Waals surface area contributed by atoms with Gasteiger partial charge in [0.25, 0.3) is 5.91 Å². The molecule has 2 aliphatic rings. The van der Waals surface area contributed by atoms with Crippen molar-refractivity contribution in [1.82, 2.24) is 15.5 Å². The minimum atomic E-state index is -1.02. The summed E-state index contributed by atoms with van der Waals surface area (Å²) >= 11 is 0. The molecule has 1 aromatic carbocycles. The maximum atomic E-state index is 12.4. The lowest BCUT2D eigenvalue weighted by Crippen LogP contribution is -2.46. The number of nitrogens with one attached hydrogen (secondary N) is 2. The predicted octanol–water partition coefficient (Wildman–Crippen LogP) is 0.721. The van der Waals surface area contributed by atoms with E-state index in [9.17, 15) is 19.2 Å². The maximum absolute atomic E-state index is 12.4. The van der Waals surface area contributed by atoms with E-state index in [1.54, 1.807) is 19.1 Å². The number of urea groups is 1. The molecule has 3 N–H and O–H groups in total. The molecule has 1 unspecified atom stereocenters. The molecule has 4 amide bonds. The Morgan fingerprint density at radius 2 is 1.92 bits per heavy atom. The van der Waals surface area contributed by atoms with Crippen LogP contribution in [0.15, 0.2) is 24.3 Å². The molecule has 0 spiro atoms. The molecule has 132 valence electrons. The number of carboxylic acids is 1. The Balaban J connectivity index is 1.55. The van der Waals surface area contributed by atoms with Crippen LogP contribution in [0.3, 0.4) is 0 Å². The van der Waals surface area contributed by atoms with Crippen LogP contribution in [0.2, 0.25) is 0 Å². The summed E-state index contributed by atoms with van der Waals surface area (Å²) in [6.45, 7) is 1.55. The molecular weight excluding hydrogens is 326 g/mol. The van der Waals surface area contributed by atoms with E-state index in [2.05, 4.69) is 10.6 Å². The Morgan fingerprint density at radius 3 is 2.48 bits per heavy atom. The smallest absolute Gasteiger partial charge is 0.335 e. The van der Waals surface area contributed by atoms with E-state index in [4.69, 9.17) is 5.11 Å². The van der Waals surface area contributed by atoms with Gasteiger partial charge in [-0.3, -0.25) is 14.5 Å². The van der Waals surface area contributed by atoms with Crippen molar-refractivity contribution in [3.8, 4) is 0 Å². The Hall–Kier alpha value is -2.90. The van der Waals surface area contributed by atoms with Crippen LogP contribution >= 0.6 is 0 Å². The predicted molar refractivity (Wildman–Crippen MR) is 86.6 cm³/mol. The van der Waals surface area contributed by atoms with Crippen LogP contribution in [-0.4, -0.2) is 45.9 Å². The summed E-state index contributed by atoms with van der Waals surface area (Å²) < 4.78 is 0. The average Bonchev–Trinajstić information content (AvgIpc) is 3.39. The summed E-state index contributed by atoms with van der Waals surface area (Å²) in [5.74, 6) is -1.69. The third-order valence-corrected chi connectivity index (χ3v) is 4.69. The highest BCUT2D eigenvalue weighted by Gasteiger charge is 2.56. The molecule has 1 aliphatic carbocycles. The second-order valence-electron chi connectivity index (χ2n) is 6.58. The number of carboxylic acid groups (broad SMARTS) is 1. The molecule has 0 aromatic heterocycles. The Kier molecular flexibility index (Phi) is 4.20. The first-order valence-electron chi connectivity index (χ1n) is 8.04. The molecule has 3 rings (SSSR count). The topological polar surface area (TPSA) is 116 Å². The highest BCUT2D eigenvalue weighted by Crippen LogP contribution is 2.42. The number of carbonyl (C=O) groups is 4. The normalized spacial score (nSPS) is 22.7. The van der Waals surface area contributed by atoms with E-state index >= 15 is 0 Å². The first-order chi connectivity index (χ1) is 11.8. The summed E-state index contributed by atoms with van der Waals surface area (Å²) in [5.41, 5.74) is -0.0172. The third kappa shape index (κ3) is 3.33. The van der Waals surface area contributed by atoms with Crippen LogP contribution in [0.25, 0.3) is 0 Å². The number of hydrogen-bond donors (Lipinski definition) is 3. The molecular formula is C17H19N3O5. The van der Waals surface area contributed by atoms with Gasteiger partial charge in [0.1, 0.15) is 12.1 Å². The van der Waals surface area contributed by atoms with Crippen LogP contribution in [0.4, 0.5) is 4.79 Å². The number of carbonyl (C=O) groups excluding carboxylic acids is 3. The number of nitrogens with zero attached hydrogens (tertiary/aromatic N) is 1. The van der Waals surface area contributed by atoms with Gasteiger partial charge in [0, 0.05) is 6.54 Å².